The number of benzene rings is 1. The van der Waals surface area contributed by atoms with Gasteiger partial charge in [-0.3, -0.25) is 14.6 Å². The Morgan fingerprint density at radius 1 is 1.26 bits per heavy atom. The highest BCUT2D eigenvalue weighted by Crippen LogP contribution is 2.39. The van der Waals surface area contributed by atoms with E-state index in [2.05, 4.69) is 27.3 Å². The summed E-state index contributed by atoms with van der Waals surface area (Å²) in [6.07, 6.45) is 4.21. The summed E-state index contributed by atoms with van der Waals surface area (Å²) in [7, 11) is 0. The normalized spacial score (nSPS) is 14.9. The van der Waals surface area contributed by atoms with Gasteiger partial charge in [0.15, 0.2) is 4.77 Å². The average molecular weight is 268 g/mol. The molecule has 94 valence electrons. The molecule has 1 aliphatic carbocycles. The molecule has 0 spiro atoms. The minimum Gasteiger partial charge on any atom is -0.272 e. The predicted molar refractivity (Wildman–Crippen MR) is 76.0 cm³/mol. The van der Waals surface area contributed by atoms with E-state index in [-0.39, 0.29) is 0 Å². The van der Waals surface area contributed by atoms with Gasteiger partial charge in [0, 0.05) is 17.5 Å². The Morgan fingerprint density at radius 2 is 2.16 bits per heavy atom. The zero-order valence-electron chi connectivity index (χ0n) is 10.2. The van der Waals surface area contributed by atoms with Crippen LogP contribution < -0.4 is 0 Å². The number of H-pyrrole nitrogens is 1. The fraction of sp³-hybridized carbons (Fsp3) is 0.214. The molecule has 0 saturated heterocycles. The number of nitrogens with one attached hydrogen (secondary N) is 1. The largest absolute Gasteiger partial charge is 0.272 e. The summed E-state index contributed by atoms with van der Waals surface area (Å²) < 4.78 is 2.70. The van der Waals surface area contributed by atoms with E-state index in [4.69, 9.17) is 12.2 Å². The Balaban J connectivity index is 1.94. The lowest BCUT2D eigenvalue weighted by molar-refractivity contribution is 0.869. The van der Waals surface area contributed by atoms with E-state index in [1.807, 2.05) is 22.8 Å². The van der Waals surface area contributed by atoms with Gasteiger partial charge in [-0.25, -0.2) is 0 Å². The third kappa shape index (κ3) is 1.77. The molecule has 1 fully saturated rings. The molecule has 0 radical (unpaired) electrons. The van der Waals surface area contributed by atoms with E-state index in [1.165, 1.54) is 12.8 Å². The van der Waals surface area contributed by atoms with E-state index in [9.17, 15) is 0 Å². The minimum atomic E-state index is 0.553. The van der Waals surface area contributed by atoms with Crippen molar-refractivity contribution in [2.45, 2.75) is 18.8 Å². The Bertz CT molecular complexity index is 813. The maximum Gasteiger partial charge on any atom is 0.199 e. The van der Waals surface area contributed by atoms with Crippen LogP contribution in [0.15, 0.2) is 36.5 Å². The Kier molecular flexibility index (Phi) is 2.29. The topological polar surface area (TPSA) is 46.5 Å². The highest BCUT2D eigenvalue weighted by molar-refractivity contribution is 7.71. The van der Waals surface area contributed by atoms with Gasteiger partial charge < -0.3 is 0 Å². The van der Waals surface area contributed by atoms with Gasteiger partial charge in [0.2, 0.25) is 0 Å². The number of rotatable bonds is 2. The molecule has 0 aliphatic heterocycles. The molecule has 0 amide bonds. The Labute approximate surface area is 115 Å². The zero-order valence-corrected chi connectivity index (χ0v) is 11.0. The van der Waals surface area contributed by atoms with Gasteiger partial charge >= 0.3 is 0 Å². The van der Waals surface area contributed by atoms with Gasteiger partial charge in [-0.1, -0.05) is 6.07 Å². The van der Waals surface area contributed by atoms with Crippen molar-refractivity contribution < 1.29 is 0 Å². The van der Waals surface area contributed by atoms with Crippen molar-refractivity contribution in [3.63, 3.8) is 0 Å². The van der Waals surface area contributed by atoms with Crippen LogP contribution in [0.2, 0.25) is 0 Å². The first-order valence-corrected chi connectivity index (χ1v) is 6.76. The van der Waals surface area contributed by atoms with Crippen LogP contribution in [0.25, 0.3) is 16.6 Å². The van der Waals surface area contributed by atoms with E-state index < -0.39 is 0 Å². The molecule has 1 aliphatic rings. The molecule has 1 saturated carbocycles. The van der Waals surface area contributed by atoms with Crippen molar-refractivity contribution in [2.24, 2.45) is 0 Å². The highest BCUT2D eigenvalue weighted by Gasteiger charge is 2.29. The van der Waals surface area contributed by atoms with E-state index in [0.29, 0.717) is 10.7 Å². The predicted octanol–water partition coefficient (Wildman–Crippen LogP) is 3.36. The molecule has 0 bridgehead atoms. The minimum absolute atomic E-state index is 0.553. The van der Waals surface area contributed by atoms with Crippen molar-refractivity contribution in [3.05, 3.63) is 47.1 Å². The van der Waals surface area contributed by atoms with Crippen LogP contribution in [0.5, 0.6) is 0 Å². The van der Waals surface area contributed by atoms with Crippen molar-refractivity contribution in [1.29, 1.82) is 0 Å². The summed E-state index contributed by atoms with van der Waals surface area (Å²) in [4.78, 5) is 4.34. The van der Waals surface area contributed by atoms with Crippen LogP contribution in [0.1, 0.15) is 24.6 Å². The van der Waals surface area contributed by atoms with Crippen molar-refractivity contribution in [1.82, 2.24) is 19.7 Å². The average Bonchev–Trinajstić information content (AvgIpc) is 3.21. The summed E-state index contributed by atoms with van der Waals surface area (Å²) in [5.41, 5.74) is 2.05. The first-order chi connectivity index (χ1) is 9.33. The lowest BCUT2D eigenvalue weighted by atomic mass is 10.2. The van der Waals surface area contributed by atoms with Gasteiger partial charge in [0.25, 0.3) is 0 Å². The smallest absolute Gasteiger partial charge is 0.199 e. The summed E-state index contributed by atoms with van der Waals surface area (Å²) >= 11 is 5.35. The van der Waals surface area contributed by atoms with Crippen LogP contribution in [-0.2, 0) is 0 Å². The maximum atomic E-state index is 5.35. The molecule has 4 nitrogen and oxygen atoms in total. The molecule has 2 aromatic heterocycles. The lowest BCUT2D eigenvalue weighted by Gasteiger charge is -2.07. The second-order valence-electron chi connectivity index (χ2n) is 4.88. The van der Waals surface area contributed by atoms with E-state index >= 15 is 0 Å². The van der Waals surface area contributed by atoms with E-state index in [0.717, 1.165) is 22.4 Å². The Morgan fingerprint density at radius 3 is 3.00 bits per heavy atom. The third-order valence-corrected chi connectivity index (χ3v) is 3.76. The SMILES string of the molecule is S=c1[nH]nc(C2CC2)n1-c1ccc2ncccc2c1. The molecule has 1 aromatic carbocycles. The molecule has 0 atom stereocenters. The molecule has 2 heterocycles. The van der Waals surface area contributed by atoms with Crippen molar-refractivity contribution in [2.75, 3.05) is 0 Å². The fourth-order valence-electron chi connectivity index (χ4n) is 2.38. The van der Waals surface area contributed by atoms with Gasteiger partial charge in [-0.2, -0.15) is 5.10 Å². The number of aromatic nitrogens is 4. The number of hydrogen-bond acceptors (Lipinski definition) is 3. The molecule has 1 N–H and O–H groups in total. The number of hydrogen-bond donors (Lipinski definition) is 1. The van der Waals surface area contributed by atoms with Gasteiger partial charge in [0.1, 0.15) is 5.82 Å². The zero-order chi connectivity index (χ0) is 12.8. The van der Waals surface area contributed by atoms with Crippen LogP contribution in [0.3, 0.4) is 0 Å². The number of pyridine rings is 1. The third-order valence-electron chi connectivity index (χ3n) is 3.49. The number of fused-ring (bicyclic) bond motifs is 1. The summed E-state index contributed by atoms with van der Waals surface area (Å²) in [5.74, 6) is 1.60. The summed E-state index contributed by atoms with van der Waals surface area (Å²) in [6.45, 7) is 0. The van der Waals surface area contributed by atoms with Crippen LogP contribution in [-0.4, -0.2) is 19.7 Å². The monoisotopic (exact) mass is 268 g/mol. The second kappa shape index (κ2) is 3.99. The number of aromatic amines is 1. The molecule has 5 heteroatoms. The lowest BCUT2D eigenvalue weighted by Crippen LogP contribution is -2.00. The number of nitrogens with zero attached hydrogens (tertiary/aromatic N) is 3. The van der Waals surface area contributed by atoms with Crippen LogP contribution in [0, 0.1) is 4.77 Å². The van der Waals surface area contributed by atoms with Crippen LogP contribution >= 0.6 is 12.2 Å². The van der Waals surface area contributed by atoms with Gasteiger partial charge in [-0.15, -0.1) is 0 Å². The van der Waals surface area contributed by atoms with Gasteiger partial charge in [0.05, 0.1) is 11.2 Å². The van der Waals surface area contributed by atoms with E-state index in [1.54, 1.807) is 6.20 Å². The molecular weight excluding hydrogens is 256 g/mol. The maximum absolute atomic E-state index is 5.35. The first-order valence-electron chi connectivity index (χ1n) is 6.35. The summed E-state index contributed by atoms with van der Waals surface area (Å²) in [5, 5.41) is 8.39. The van der Waals surface area contributed by atoms with Crippen molar-refractivity contribution in [3.8, 4) is 5.69 Å². The van der Waals surface area contributed by atoms with Crippen molar-refractivity contribution >= 4 is 23.1 Å². The molecule has 0 unspecified atom stereocenters. The van der Waals surface area contributed by atoms with Gasteiger partial charge in [-0.05, 0) is 49.3 Å². The quantitative estimate of drug-likeness (QED) is 0.725. The molecule has 3 aromatic rings. The second-order valence-corrected chi connectivity index (χ2v) is 5.26. The fourth-order valence-corrected chi connectivity index (χ4v) is 2.62. The first kappa shape index (κ1) is 10.9. The molecule has 19 heavy (non-hydrogen) atoms. The summed E-state index contributed by atoms with van der Waals surface area (Å²) in [6, 6.07) is 10.2. The molecular formula is C14H12N4S. The Hall–Kier alpha value is -2.01. The highest BCUT2D eigenvalue weighted by atomic mass is 32.1. The standard InChI is InChI=1S/C14H12N4S/c19-14-17-16-13(9-3-4-9)18(14)11-5-6-12-10(8-11)2-1-7-15-12/h1-2,5-9H,3-4H2,(H,17,19). The molecule has 4 rings (SSSR count). The van der Waals surface area contributed by atoms with Crippen LogP contribution in [0.4, 0.5) is 0 Å².